The van der Waals surface area contributed by atoms with Crippen molar-refractivity contribution < 1.29 is 9.18 Å². The van der Waals surface area contributed by atoms with Crippen molar-refractivity contribution in [2.75, 3.05) is 13.1 Å². The quantitative estimate of drug-likeness (QED) is 0.919. The van der Waals surface area contributed by atoms with Gasteiger partial charge < -0.3 is 5.32 Å². The zero-order valence-corrected chi connectivity index (χ0v) is 14.5. The average molecular weight is 344 g/mol. The topological polar surface area (TPSA) is 32.3 Å². The van der Waals surface area contributed by atoms with Gasteiger partial charge in [-0.3, -0.25) is 9.69 Å². The molecular weight excluding hydrogens is 323 g/mol. The molecular formula is C19H21FN2OS. The molecule has 2 aromatic rings. The molecule has 3 nitrogen and oxygen atoms in total. The lowest BCUT2D eigenvalue weighted by Gasteiger charge is -2.48. The standard InChI is InChI=1S/C19H21FN2OS/c1-12-10-13-8-9-22(12)11-16(13)21-19(23)18-7-6-17(24-18)14-4-2-3-5-15(14)20/h2-7,12-13,16H,8-11H2,1H3,(H,21,23)/t12?,13?,16-/m0/s1. The van der Waals surface area contributed by atoms with Crippen molar-refractivity contribution in [1.82, 2.24) is 10.2 Å². The largest absolute Gasteiger partial charge is 0.347 e. The number of carbonyl (C=O) groups excluding carboxylic acids is 1. The van der Waals surface area contributed by atoms with Crippen LogP contribution in [-0.2, 0) is 0 Å². The highest BCUT2D eigenvalue weighted by Crippen LogP contribution is 2.33. The van der Waals surface area contributed by atoms with E-state index in [9.17, 15) is 9.18 Å². The Morgan fingerprint density at radius 1 is 1.29 bits per heavy atom. The van der Waals surface area contributed by atoms with Crippen molar-refractivity contribution in [1.29, 1.82) is 0 Å². The van der Waals surface area contributed by atoms with Gasteiger partial charge in [0, 0.05) is 29.1 Å². The maximum Gasteiger partial charge on any atom is 0.261 e. The third kappa shape index (κ3) is 2.87. The monoisotopic (exact) mass is 344 g/mol. The summed E-state index contributed by atoms with van der Waals surface area (Å²) >= 11 is 1.35. The minimum atomic E-state index is -0.252. The molecule has 5 rings (SSSR count). The first-order chi connectivity index (χ1) is 11.6. The number of halogens is 1. The van der Waals surface area contributed by atoms with Gasteiger partial charge >= 0.3 is 0 Å². The van der Waals surface area contributed by atoms with Crippen LogP contribution in [-0.4, -0.2) is 36.0 Å². The number of nitrogens with one attached hydrogen (secondary N) is 1. The van der Waals surface area contributed by atoms with E-state index in [4.69, 9.17) is 0 Å². The number of thiophene rings is 1. The summed E-state index contributed by atoms with van der Waals surface area (Å²) in [6.07, 6.45) is 2.33. The van der Waals surface area contributed by atoms with Crippen LogP contribution in [0.2, 0.25) is 0 Å². The molecule has 3 aliphatic heterocycles. The van der Waals surface area contributed by atoms with E-state index in [0.717, 1.165) is 24.4 Å². The highest BCUT2D eigenvalue weighted by Gasteiger charge is 2.38. The molecule has 1 aromatic carbocycles. The number of amides is 1. The lowest BCUT2D eigenvalue weighted by molar-refractivity contribution is 0.0275. The van der Waals surface area contributed by atoms with Crippen molar-refractivity contribution >= 4 is 17.2 Å². The summed E-state index contributed by atoms with van der Waals surface area (Å²) < 4.78 is 13.9. The van der Waals surface area contributed by atoms with Gasteiger partial charge in [-0.05, 0) is 50.4 Å². The van der Waals surface area contributed by atoms with E-state index in [-0.39, 0.29) is 17.8 Å². The summed E-state index contributed by atoms with van der Waals surface area (Å²) in [5.74, 6) is 0.298. The normalized spacial score (nSPS) is 28.8. The molecule has 4 atom stereocenters. The van der Waals surface area contributed by atoms with Crippen LogP contribution in [0.3, 0.4) is 0 Å². The minimum absolute atomic E-state index is 0.0333. The average Bonchev–Trinajstić information content (AvgIpc) is 3.06. The summed E-state index contributed by atoms with van der Waals surface area (Å²) in [6, 6.07) is 11.2. The van der Waals surface area contributed by atoms with Crippen molar-refractivity contribution in [3.8, 4) is 10.4 Å². The molecule has 1 N–H and O–H groups in total. The maximum absolute atomic E-state index is 13.9. The van der Waals surface area contributed by atoms with E-state index in [1.807, 2.05) is 12.1 Å². The molecule has 0 saturated carbocycles. The number of rotatable bonds is 3. The van der Waals surface area contributed by atoms with E-state index >= 15 is 0 Å². The second-order valence-corrected chi connectivity index (χ2v) is 7.94. The van der Waals surface area contributed by atoms with Crippen LogP contribution >= 0.6 is 11.3 Å². The Bertz CT molecular complexity index is 759. The first kappa shape index (κ1) is 15.8. The summed E-state index contributed by atoms with van der Waals surface area (Å²) in [7, 11) is 0. The number of nitrogens with zero attached hydrogens (tertiary/aromatic N) is 1. The number of carbonyl (C=O) groups is 1. The second-order valence-electron chi connectivity index (χ2n) is 6.85. The zero-order valence-electron chi connectivity index (χ0n) is 13.7. The lowest BCUT2D eigenvalue weighted by Crippen LogP contribution is -2.60. The van der Waals surface area contributed by atoms with Crippen LogP contribution in [0.25, 0.3) is 10.4 Å². The Kier molecular flexibility index (Phi) is 4.14. The van der Waals surface area contributed by atoms with E-state index < -0.39 is 0 Å². The van der Waals surface area contributed by atoms with Gasteiger partial charge in [0.15, 0.2) is 0 Å². The molecule has 24 heavy (non-hydrogen) atoms. The van der Waals surface area contributed by atoms with Gasteiger partial charge in [-0.15, -0.1) is 11.3 Å². The molecule has 2 bridgehead atoms. The van der Waals surface area contributed by atoms with Crippen molar-refractivity contribution in [2.45, 2.75) is 31.8 Å². The molecule has 3 fully saturated rings. The number of piperidine rings is 3. The van der Waals surface area contributed by atoms with E-state index in [0.29, 0.717) is 22.4 Å². The molecule has 0 radical (unpaired) electrons. The molecule has 4 heterocycles. The first-order valence-electron chi connectivity index (χ1n) is 8.51. The molecule has 3 unspecified atom stereocenters. The highest BCUT2D eigenvalue weighted by molar-refractivity contribution is 7.17. The summed E-state index contributed by atoms with van der Waals surface area (Å²) in [5, 5.41) is 3.20. The highest BCUT2D eigenvalue weighted by atomic mass is 32.1. The SMILES string of the molecule is CC1CC2CCN1C[C@@H]2NC(=O)c1ccc(-c2ccccc2F)s1. The second kappa shape index (κ2) is 6.30. The fourth-order valence-electron chi connectivity index (χ4n) is 3.96. The third-order valence-electron chi connectivity index (χ3n) is 5.34. The van der Waals surface area contributed by atoms with Gasteiger partial charge in [-0.25, -0.2) is 4.39 Å². The predicted octanol–water partition coefficient (Wildman–Crippen LogP) is 3.77. The summed E-state index contributed by atoms with van der Waals surface area (Å²) in [5.41, 5.74) is 0.554. The summed E-state index contributed by atoms with van der Waals surface area (Å²) in [4.78, 5) is 16.5. The van der Waals surface area contributed by atoms with Crippen LogP contribution < -0.4 is 5.32 Å². The molecule has 3 saturated heterocycles. The van der Waals surface area contributed by atoms with Gasteiger partial charge in [0.05, 0.1) is 4.88 Å². The minimum Gasteiger partial charge on any atom is -0.347 e. The van der Waals surface area contributed by atoms with Gasteiger partial charge in [0.1, 0.15) is 5.82 Å². The molecule has 0 spiro atoms. The third-order valence-corrected chi connectivity index (χ3v) is 6.46. The lowest BCUT2D eigenvalue weighted by atomic mass is 9.80. The predicted molar refractivity (Wildman–Crippen MR) is 94.7 cm³/mol. The fourth-order valence-corrected chi connectivity index (χ4v) is 4.90. The van der Waals surface area contributed by atoms with Crippen molar-refractivity contribution in [2.24, 2.45) is 5.92 Å². The van der Waals surface area contributed by atoms with E-state index in [2.05, 4.69) is 17.1 Å². The van der Waals surface area contributed by atoms with Gasteiger partial charge in [0.2, 0.25) is 0 Å². The molecule has 1 aromatic heterocycles. The Hall–Kier alpha value is -1.72. The van der Waals surface area contributed by atoms with Crippen LogP contribution in [0.1, 0.15) is 29.4 Å². The Labute approximate surface area is 145 Å². The van der Waals surface area contributed by atoms with Crippen LogP contribution in [0.4, 0.5) is 4.39 Å². The van der Waals surface area contributed by atoms with E-state index in [1.165, 1.54) is 23.8 Å². The smallest absolute Gasteiger partial charge is 0.261 e. The van der Waals surface area contributed by atoms with Gasteiger partial charge in [-0.2, -0.15) is 0 Å². The molecule has 126 valence electrons. The molecule has 5 heteroatoms. The Morgan fingerprint density at radius 2 is 2.12 bits per heavy atom. The summed E-state index contributed by atoms with van der Waals surface area (Å²) in [6.45, 7) is 4.36. The number of fused-ring (bicyclic) bond motifs is 3. The van der Waals surface area contributed by atoms with Crippen LogP contribution in [0.15, 0.2) is 36.4 Å². The molecule has 3 aliphatic rings. The number of hydrogen-bond acceptors (Lipinski definition) is 3. The number of benzene rings is 1. The van der Waals surface area contributed by atoms with Crippen LogP contribution in [0, 0.1) is 11.7 Å². The Balaban J connectivity index is 1.47. The van der Waals surface area contributed by atoms with Gasteiger partial charge in [-0.1, -0.05) is 18.2 Å². The van der Waals surface area contributed by atoms with Crippen molar-refractivity contribution in [3.05, 3.63) is 47.1 Å². The number of hydrogen-bond donors (Lipinski definition) is 1. The van der Waals surface area contributed by atoms with E-state index in [1.54, 1.807) is 18.2 Å². The molecule has 1 amide bonds. The maximum atomic E-state index is 13.9. The van der Waals surface area contributed by atoms with Crippen molar-refractivity contribution in [3.63, 3.8) is 0 Å². The van der Waals surface area contributed by atoms with Gasteiger partial charge in [0.25, 0.3) is 5.91 Å². The zero-order chi connectivity index (χ0) is 16.7. The fraction of sp³-hybridized carbons (Fsp3) is 0.421. The Morgan fingerprint density at radius 3 is 2.83 bits per heavy atom. The first-order valence-corrected chi connectivity index (χ1v) is 9.33. The van der Waals surface area contributed by atoms with Crippen LogP contribution in [0.5, 0.6) is 0 Å². The molecule has 0 aliphatic carbocycles.